The van der Waals surface area contributed by atoms with E-state index < -0.39 is 15.7 Å². The Morgan fingerprint density at radius 3 is 2.54 bits per heavy atom. The number of nitrogens with zero attached hydrogens (tertiary/aromatic N) is 1. The summed E-state index contributed by atoms with van der Waals surface area (Å²) in [5.41, 5.74) is 2.48. The topological polar surface area (TPSA) is 56.3 Å². The maximum atomic E-state index is 13.2. The second-order valence-electron chi connectivity index (χ2n) is 6.52. The molecule has 0 unspecified atom stereocenters. The van der Waals surface area contributed by atoms with Crippen molar-refractivity contribution in [3.8, 4) is 5.88 Å². The molecule has 4 nitrogen and oxygen atoms in total. The zero-order valence-corrected chi connectivity index (χ0v) is 15.8. The zero-order chi connectivity index (χ0) is 19.6. The number of aromatic nitrogens is 1. The first-order valence-corrected chi connectivity index (χ1v) is 10.4. The summed E-state index contributed by atoms with van der Waals surface area (Å²) in [5, 5.41) is 0. The third kappa shape index (κ3) is 3.68. The molecule has 6 heteroatoms. The molecule has 0 saturated heterocycles. The van der Waals surface area contributed by atoms with Crippen LogP contribution in [0, 0.1) is 5.82 Å². The van der Waals surface area contributed by atoms with Gasteiger partial charge in [0.05, 0.1) is 9.80 Å². The molecule has 142 valence electrons. The minimum atomic E-state index is -3.75. The molecule has 0 fully saturated rings. The molecule has 4 rings (SSSR count). The molecule has 0 saturated carbocycles. The molecule has 1 aliphatic rings. The number of halogens is 1. The number of fused-ring (bicyclic) bond motifs is 1. The predicted octanol–water partition coefficient (Wildman–Crippen LogP) is 4.56. The van der Waals surface area contributed by atoms with E-state index in [1.165, 1.54) is 12.1 Å². The first-order valence-electron chi connectivity index (χ1n) is 8.91. The summed E-state index contributed by atoms with van der Waals surface area (Å²) < 4.78 is 44.9. The Labute approximate surface area is 163 Å². The van der Waals surface area contributed by atoms with Gasteiger partial charge in [-0.15, -0.1) is 0 Å². The van der Waals surface area contributed by atoms with Gasteiger partial charge in [-0.25, -0.2) is 17.8 Å². The summed E-state index contributed by atoms with van der Waals surface area (Å²) >= 11 is 0. The Hall–Kier alpha value is -2.99. The quantitative estimate of drug-likeness (QED) is 0.594. The van der Waals surface area contributed by atoms with Crippen molar-refractivity contribution in [2.45, 2.75) is 24.3 Å². The van der Waals surface area contributed by atoms with Crippen molar-refractivity contribution in [3.63, 3.8) is 0 Å². The van der Waals surface area contributed by atoms with Gasteiger partial charge in [0.2, 0.25) is 15.7 Å². The first-order chi connectivity index (χ1) is 13.5. The number of hydrogen-bond acceptors (Lipinski definition) is 4. The molecule has 28 heavy (non-hydrogen) atoms. The van der Waals surface area contributed by atoms with Crippen molar-refractivity contribution < 1.29 is 17.5 Å². The average Bonchev–Trinajstić information content (AvgIpc) is 2.72. The van der Waals surface area contributed by atoms with Gasteiger partial charge in [-0.1, -0.05) is 36.4 Å². The Bertz CT molecular complexity index is 1120. The lowest BCUT2D eigenvalue weighted by Gasteiger charge is -2.18. The maximum absolute atomic E-state index is 13.2. The zero-order valence-electron chi connectivity index (χ0n) is 15.0. The summed E-state index contributed by atoms with van der Waals surface area (Å²) in [6.07, 6.45) is 4.56. The fourth-order valence-electron chi connectivity index (χ4n) is 3.18. The van der Waals surface area contributed by atoms with Gasteiger partial charge in [0.25, 0.3) is 0 Å². The molecule has 0 aliphatic heterocycles. The molecule has 0 radical (unpaired) electrons. The summed E-state index contributed by atoms with van der Waals surface area (Å²) in [6, 6.07) is 16.4. The van der Waals surface area contributed by atoms with Crippen LogP contribution >= 0.6 is 0 Å². The molecular weight excluding hydrogens is 377 g/mol. The molecule has 1 heterocycles. The van der Waals surface area contributed by atoms with Crippen molar-refractivity contribution in [3.05, 3.63) is 95.4 Å². The van der Waals surface area contributed by atoms with Crippen LogP contribution in [0.4, 0.5) is 4.39 Å². The lowest BCUT2D eigenvalue weighted by molar-refractivity contribution is 0.293. The average molecular weight is 395 g/mol. The highest BCUT2D eigenvalue weighted by Gasteiger charge is 2.27. The van der Waals surface area contributed by atoms with E-state index in [0.717, 1.165) is 23.3 Å². The minimum absolute atomic E-state index is 0.0670. The van der Waals surface area contributed by atoms with Crippen LogP contribution in [0.5, 0.6) is 5.88 Å². The standard InChI is InChI=1S/C22H18FNO3S/c23-18-9-11-19(12-10-18)28(25,26)21-8-4-7-17-13-22(24-14-20(17)21)27-15-16-5-2-1-3-6-16/h1-3,5-6,8-14H,4,7,15H2. The lowest BCUT2D eigenvalue weighted by atomic mass is 9.99. The summed E-state index contributed by atoms with van der Waals surface area (Å²) in [5.74, 6) is -0.0121. The predicted molar refractivity (Wildman–Crippen MR) is 105 cm³/mol. The Morgan fingerprint density at radius 1 is 1.04 bits per heavy atom. The highest BCUT2D eigenvalue weighted by molar-refractivity contribution is 8.00. The SMILES string of the molecule is O=S(=O)(C1=CCCc2cc(OCc3ccccc3)ncc21)c1ccc(F)cc1. The molecule has 3 aromatic rings. The van der Waals surface area contributed by atoms with Gasteiger partial charge in [-0.05, 0) is 48.2 Å². The van der Waals surface area contributed by atoms with Crippen LogP contribution in [-0.4, -0.2) is 13.4 Å². The van der Waals surface area contributed by atoms with Crippen molar-refractivity contribution in [1.82, 2.24) is 4.98 Å². The van der Waals surface area contributed by atoms with Gasteiger partial charge >= 0.3 is 0 Å². The van der Waals surface area contributed by atoms with E-state index in [9.17, 15) is 12.8 Å². The van der Waals surface area contributed by atoms with Crippen LogP contribution in [0.25, 0.3) is 4.91 Å². The fourth-order valence-corrected chi connectivity index (χ4v) is 4.74. The van der Waals surface area contributed by atoms with E-state index in [0.29, 0.717) is 30.9 Å². The molecule has 1 aliphatic carbocycles. The lowest BCUT2D eigenvalue weighted by Crippen LogP contribution is -2.11. The van der Waals surface area contributed by atoms with E-state index >= 15 is 0 Å². The highest BCUT2D eigenvalue weighted by Crippen LogP contribution is 2.35. The van der Waals surface area contributed by atoms with E-state index in [4.69, 9.17) is 4.74 Å². The Kier molecular flexibility index (Phi) is 4.96. The third-order valence-corrected chi connectivity index (χ3v) is 6.47. The second kappa shape index (κ2) is 7.56. The summed E-state index contributed by atoms with van der Waals surface area (Å²) in [6.45, 7) is 0.392. The number of rotatable bonds is 5. The molecule has 0 N–H and O–H groups in total. The third-order valence-electron chi connectivity index (χ3n) is 4.62. The molecule has 0 bridgehead atoms. The van der Waals surface area contributed by atoms with Gasteiger partial charge in [-0.3, -0.25) is 0 Å². The van der Waals surface area contributed by atoms with Gasteiger partial charge < -0.3 is 4.74 Å². The Morgan fingerprint density at radius 2 is 1.79 bits per heavy atom. The van der Waals surface area contributed by atoms with Crippen LogP contribution < -0.4 is 4.74 Å². The number of pyridine rings is 1. The second-order valence-corrected chi connectivity index (χ2v) is 8.44. The number of ether oxygens (including phenoxy) is 1. The van der Waals surface area contributed by atoms with Crippen molar-refractivity contribution in [1.29, 1.82) is 0 Å². The molecular formula is C22H18FNO3S. The molecule has 0 spiro atoms. The van der Waals surface area contributed by atoms with Gasteiger partial charge in [0, 0.05) is 17.8 Å². The summed E-state index contributed by atoms with van der Waals surface area (Å²) in [4.78, 5) is 4.57. The monoisotopic (exact) mass is 395 g/mol. The Balaban J connectivity index is 1.60. The van der Waals surface area contributed by atoms with E-state index in [1.54, 1.807) is 18.3 Å². The number of hydrogen-bond donors (Lipinski definition) is 0. The maximum Gasteiger partial charge on any atom is 0.213 e. The number of allylic oxidation sites excluding steroid dienone is 1. The van der Waals surface area contributed by atoms with Gasteiger partial charge in [0.1, 0.15) is 12.4 Å². The minimum Gasteiger partial charge on any atom is -0.473 e. The van der Waals surface area contributed by atoms with Gasteiger partial charge in [0.15, 0.2) is 0 Å². The smallest absolute Gasteiger partial charge is 0.213 e. The van der Waals surface area contributed by atoms with Crippen LogP contribution in [-0.2, 0) is 22.9 Å². The van der Waals surface area contributed by atoms with Crippen molar-refractivity contribution in [2.75, 3.05) is 0 Å². The van der Waals surface area contributed by atoms with Gasteiger partial charge in [-0.2, -0.15) is 0 Å². The molecule has 1 aromatic heterocycles. The highest BCUT2D eigenvalue weighted by atomic mass is 32.2. The number of sulfone groups is 1. The largest absolute Gasteiger partial charge is 0.473 e. The van der Waals surface area contributed by atoms with E-state index in [2.05, 4.69) is 4.98 Å². The van der Waals surface area contributed by atoms with Crippen LogP contribution in [0.3, 0.4) is 0 Å². The fraction of sp³-hybridized carbons (Fsp3) is 0.136. The van der Waals surface area contributed by atoms with Crippen LogP contribution in [0.2, 0.25) is 0 Å². The van der Waals surface area contributed by atoms with E-state index in [1.807, 2.05) is 30.3 Å². The first kappa shape index (κ1) is 18.4. The van der Waals surface area contributed by atoms with Crippen molar-refractivity contribution in [2.24, 2.45) is 0 Å². The van der Waals surface area contributed by atoms with Crippen molar-refractivity contribution >= 4 is 14.7 Å². The van der Waals surface area contributed by atoms with E-state index in [-0.39, 0.29) is 9.80 Å². The molecule has 2 aromatic carbocycles. The number of aryl methyl sites for hydroxylation is 1. The van der Waals surface area contributed by atoms with Crippen LogP contribution in [0.1, 0.15) is 23.1 Å². The summed E-state index contributed by atoms with van der Waals surface area (Å²) in [7, 11) is -3.75. The van der Waals surface area contributed by atoms with Crippen LogP contribution in [0.15, 0.2) is 77.8 Å². The molecule has 0 amide bonds. The normalized spacial score (nSPS) is 13.5. The number of benzene rings is 2. The molecule has 0 atom stereocenters.